The van der Waals surface area contributed by atoms with E-state index in [0.29, 0.717) is 17.5 Å². The molecule has 104 valence electrons. The van der Waals surface area contributed by atoms with Crippen LogP contribution in [0, 0.1) is 5.82 Å². The molecule has 0 heterocycles. The number of carbonyl (C=O) groups is 1. The molecule has 1 aliphatic carbocycles. The van der Waals surface area contributed by atoms with Crippen molar-refractivity contribution >= 4 is 5.91 Å². The van der Waals surface area contributed by atoms with E-state index in [2.05, 4.69) is 5.32 Å². The fraction of sp³-hybridized carbons (Fsp3) is 0.500. The number of halogens is 1. The topological polar surface area (TPSA) is 47.6 Å². The molecule has 0 radical (unpaired) electrons. The molecule has 1 aromatic rings. The highest BCUT2D eigenvalue weighted by Crippen LogP contribution is 2.29. The molecule has 1 fully saturated rings. The van der Waals surface area contributed by atoms with E-state index in [1.165, 1.54) is 18.2 Å². The minimum Gasteiger partial charge on any atom is -0.487 e. The molecule has 2 rings (SSSR count). The Morgan fingerprint density at radius 3 is 2.79 bits per heavy atom. The highest BCUT2D eigenvalue weighted by atomic mass is 19.1. The van der Waals surface area contributed by atoms with Gasteiger partial charge in [0.2, 0.25) is 0 Å². The first-order chi connectivity index (χ1) is 9.04. The molecule has 0 spiro atoms. The van der Waals surface area contributed by atoms with Crippen molar-refractivity contribution in [2.45, 2.75) is 38.8 Å². The smallest absolute Gasteiger partial charge is 0.258 e. The number of ether oxygens (including phenoxy) is 2. The monoisotopic (exact) mass is 267 g/mol. The Bertz CT molecular complexity index is 458. The predicted molar refractivity (Wildman–Crippen MR) is 68.8 cm³/mol. The summed E-state index contributed by atoms with van der Waals surface area (Å²) in [4.78, 5) is 11.5. The van der Waals surface area contributed by atoms with Crippen LogP contribution in [0.4, 0.5) is 4.39 Å². The number of amides is 1. The number of hydrogen-bond acceptors (Lipinski definition) is 3. The maximum atomic E-state index is 13.2. The third-order valence-electron chi connectivity index (χ3n) is 2.57. The van der Waals surface area contributed by atoms with Crippen LogP contribution in [0.2, 0.25) is 0 Å². The molecule has 0 aromatic heterocycles. The van der Waals surface area contributed by atoms with Crippen LogP contribution >= 0.6 is 0 Å². The normalized spacial score (nSPS) is 14.3. The Balaban J connectivity index is 1.95. The van der Waals surface area contributed by atoms with E-state index in [4.69, 9.17) is 9.47 Å². The average Bonchev–Trinajstić information content (AvgIpc) is 3.11. The van der Waals surface area contributed by atoms with E-state index < -0.39 is 5.82 Å². The van der Waals surface area contributed by atoms with Crippen LogP contribution in [0.25, 0.3) is 0 Å². The summed E-state index contributed by atoms with van der Waals surface area (Å²) < 4.78 is 24.0. The lowest BCUT2D eigenvalue weighted by atomic mass is 10.3. The molecule has 0 saturated heterocycles. The second kappa shape index (κ2) is 5.91. The van der Waals surface area contributed by atoms with Crippen LogP contribution in [0.15, 0.2) is 18.2 Å². The highest BCUT2D eigenvalue weighted by Gasteiger charge is 2.23. The third-order valence-corrected chi connectivity index (χ3v) is 2.57. The quantitative estimate of drug-likeness (QED) is 0.860. The lowest BCUT2D eigenvalue weighted by Crippen LogP contribution is -2.30. The molecule has 1 N–H and O–H groups in total. The van der Waals surface area contributed by atoms with Crippen molar-refractivity contribution in [3.8, 4) is 11.5 Å². The molecule has 1 amide bonds. The van der Waals surface area contributed by atoms with Gasteiger partial charge in [-0.15, -0.1) is 0 Å². The van der Waals surface area contributed by atoms with Crippen molar-refractivity contribution in [1.82, 2.24) is 5.32 Å². The highest BCUT2D eigenvalue weighted by molar-refractivity contribution is 5.78. The number of carbonyl (C=O) groups excluding carboxylic acids is 1. The van der Waals surface area contributed by atoms with Gasteiger partial charge in [-0.05, 0) is 38.8 Å². The van der Waals surface area contributed by atoms with E-state index in [9.17, 15) is 9.18 Å². The summed E-state index contributed by atoms with van der Waals surface area (Å²) in [6.45, 7) is 3.60. The van der Waals surface area contributed by atoms with Crippen LogP contribution in [0.1, 0.15) is 26.7 Å². The Hall–Kier alpha value is -1.78. The van der Waals surface area contributed by atoms with Crippen molar-refractivity contribution in [2.24, 2.45) is 0 Å². The zero-order valence-electron chi connectivity index (χ0n) is 11.1. The minimum absolute atomic E-state index is 0.0867. The zero-order valence-corrected chi connectivity index (χ0v) is 11.1. The van der Waals surface area contributed by atoms with Crippen LogP contribution < -0.4 is 14.8 Å². The van der Waals surface area contributed by atoms with Gasteiger partial charge < -0.3 is 14.8 Å². The molecule has 1 aliphatic rings. The molecule has 0 atom stereocenters. The third kappa shape index (κ3) is 4.43. The second-order valence-corrected chi connectivity index (χ2v) is 4.89. The first-order valence-electron chi connectivity index (χ1n) is 6.43. The molecule has 4 nitrogen and oxygen atoms in total. The summed E-state index contributed by atoms with van der Waals surface area (Å²) >= 11 is 0. The molecule has 1 saturated carbocycles. The Kier molecular flexibility index (Phi) is 4.24. The van der Waals surface area contributed by atoms with Crippen LogP contribution in [0.5, 0.6) is 11.5 Å². The van der Waals surface area contributed by atoms with E-state index in [1.807, 2.05) is 13.8 Å². The van der Waals surface area contributed by atoms with Crippen molar-refractivity contribution < 1.29 is 18.7 Å². The van der Waals surface area contributed by atoms with Gasteiger partial charge in [0.15, 0.2) is 18.1 Å². The zero-order chi connectivity index (χ0) is 13.8. The standard InChI is InChI=1S/C14H18FNO3/c1-9(2)19-13-7-10(15)3-6-12(13)18-8-14(17)16-11-4-5-11/h3,6-7,9,11H,4-5,8H2,1-2H3,(H,16,17). The van der Waals surface area contributed by atoms with Gasteiger partial charge in [0.05, 0.1) is 6.10 Å². The fourth-order valence-electron chi connectivity index (χ4n) is 1.59. The van der Waals surface area contributed by atoms with Crippen LogP contribution in [-0.4, -0.2) is 24.7 Å². The summed E-state index contributed by atoms with van der Waals surface area (Å²) in [6.07, 6.45) is 1.97. The molecule has 1 aromatic carbocycles. The lowest BCUT2D eigenvalue weighted by molar-refractivity contribution is -0.123. The average molecular weight is 267 g/mol. The van der Waals surface area contributed by atoms with E-state index in [1.54, 1.807) is 0 Å². The van der Waals surface area contributed by atoms with E-state index >= 15 is 0 Å². The van der Waals surface area contributed by atoms with Gasteiger partial charge in [-0.2, -0.15) is 0 Å². The predicted octanol–water partition coefficient (Wildman–Crippen LogP) is 2.27. The SMILES string of the molecule is CC(C)Oc1cc(F)ccc1OCC(=O)NC1CC1. The van der Waals surface area contributed by atoms with Crippen molar-refractivity contribution in [3.05, 3.63) is 24.0 Å². The second-order valence-electron chi connectivity index (χ2n) is 4.89. The molecule has 0 bridgehead atoms. The molecule has 0 unspecified atom stereocenters. The van der Waals surface area contributed by atoms with Gasteiger partial charge in [0, 0.05) is 12.1 Å². The molecular formula is C14H18FNO3. The maximum Gasteiger partial charge on any atom is 0.258 e. The summed E-state index contributed by atoms with van der Waals surface area (Å²) in [5, 5.41) is 2.82. The largest absolute Gasteiger partial charge is 0.487 e. The summed E-state index contributed by atoms with van der Waals surface area (Å²) in [5.41, 5.74) is 0. The Labute approximate surface area is 111 Å². The molecule has 19 heavy (non-hydrogen) atoms. The summed E-state index contributed by atoms with van der Waals surface area (Å²) in [7, 11) is 0. The molecule has 5 heteroatoms. The van der Waals surface area contributed by atoms with Crippen molar-refractivity contribution in [3.63, 3.8) is 0 Å². The van der Waals surface area contributed by atoms with Gasteiger partial charge in [0.25, 0.3) is 5.91 Å². The van der Waals surface area contributed by atoms with Gasteiger partial charge in [-0.25, -0.2) is 4.39 Å². The molecular weight excluding hydrogens is 249 g/mol. The fourth-order valence-corrected chi connectivity index (χ4v) is 1.59. The maximum absolute atomic E-state index is 13.2. The molecule has 0 aliphatic heterocycles. The number of rotatable bonds is 6. The van der Waals surface area contributed by atoms with Gasteiger partial charge in [-0.3, -0.25) is 4.79 Å². The van der Waals surface area contributed by atoms with E-state index in [0.717, 1.165) is 12.8 Å². The minimum atomic E-state index is -0.398. The van der Waals surface area contributed by atoms with Crippen molar-refractivity contribution in [1.29, 1.82) is 0 Å². The van der Waals surface area contributed by atoms with Gasteiger partial charge >= 0.3 is 0 Å². The number of benzene rings is 1. The van der Waals surface area contributed by atoms with Crippen LogP contribution in [-0.2, 0) is 4.79 Å². The summed E-state index contributed by atoms with van der Waals surface area (Å²) in [6, 6.07) is 4.31. The van der Waals surface area contributed by atoms with Crippen molar-refractivity contribution in [2.75, 3.05) is 6.61 Å². The first kappa shape index (κ1) is 13.6. The summed E-state index contributed by atoms with van der Waals surface area (Å²) in [5.74, 6) is 0.128. The number of nitrogens with one attached hydrogen (secondary N) is 1. The Morgan fingerprint density at radius 1 is 1.42 bits per heavy atom. The Morgan fingerprint density at radius 2 is 2.16 bits per heavy atom. The lowest BCUT2D eigenvalue weighted by Gasteiger charge is -2.14. The van der Waals surface area contributed by atoms with Crippen LogP contribution in [0.3, 0.4) is 0 Å². The van der Waals surface area contributed by atoms with Gasteiger partial charge in [0.1, 0.15) is 5.82 Å². The number of hydrogen-bond donors (Lipinski definition) is 1. The first-order valence-corrected chi connectivity index (χ1v) is 6.43. The van der Waals surface area contributed by atoms with Gasteiger partial charge in [-0.1, -0.05) is 0 Å². The van der Waals surface area contributed by atoms with E-state index in [-0.39, 0.29) is 18.6 Å².